The van der Waals surface area contributed by atoms with Crippen LogP contribution in [0.15, 0.2) is 85.1 Å². The molecule has 0 rings (SSSR count). The van der Waals surface area contributed by atoms with Gasteiger partial charge in [-0.15, -0.1) is 0 Å². The van der Waals surface area contributed by atoms with Crippen molar-refractivity contribution >= 4 is 17.9 Å². The van der Waals surface area contributed by atoms with Crippen molar-refractivity contribution in [1.82, 2.24) is 0 Å². The average molecular weight is 821 g/mol. The van der Waals surface area contributed by atoms with E-state index in [0.29, 0.717) is 19.3 Å². The third-order valence-corrected chi connectivity index (χ3v) is 9.86. The van der Waals surface area contributed by atoms with Gasteiger partial charge >= 0.3 is 17.9 Å². The first-order chi connectivity index (χ1) is 29.0. The minimum absolute atomic E-state index is 0.0891. The molecule has 0 saturated heterocycles. The van der Waals surface area contributed by atoms with Crippen molar-refractivity contribution in [3.8, 4) is 0 Å². The Bertz CT molecular complexity index is 1170. The van der Waals surface area contributed by atoms with Crippen molar-refractivity contribution in [3.63, 3.8) is 0 Å². The molecule has 0 aliphatic carbocycles. The highest BCUT2D eigenvalue weighted by molar-refractivity contribution is 5.71. The highest BCUT2D eigenvalue weighted by atomic mass is 16.6. The van der Waals surface area contributed by atoms with E-state index in [2.05, 4.69) is 106 Å². The first-order valence-corrected chi connectivity index (χ1v) is 24.1. The Morgan fingerprint density at radius 1 is 0.356 bits per heavy atom. The minimum atomic E-state index is -0.788. The Morgan fingerprint density at radius 2 is 0.695 bits per heavy atom. The molecule has 0 bridgehead atoms. The lowest BCUT2D eigenvalue weighted by Gasteiger charge is -2.18. The van der Waals surface area contributed by atoms with E-state index in [1.807, 2.05) is 0 Å². The van der Waals surface area contributed by atoms with Gasteiger partial charge in [0.25, 0.3) is 0 Å². The smallest absolute Gasteiger partial charge is 0.306 e. The van der Waals surface area contributed by atoms with Gasteiger partial charge in [-0.2, -0.15) is 0 Å². The molecule has 6 heteroatoms. The molecule has 59 heavy (non-hydrogen) atoms. The van der Waals surface area contributed by atoms with Crippen molar-refractivity contribution in [2.45, 2.75) is 219 Å². The first kappa shape index (κ1) is 55.6. The second kappa shape index (κ2) is 47.3. The van der Waals surface area contributed by atoms with Crippen molar-refractivity contribution < 1.29 is 28.6 Å². The fourth-order valence-electron chi connectivity index (χ4n) is 6.27. The number of hydrogen-bond acceptors (Lipinski definition) is 6. The van der Waals surface area contributed by atoms with Crippen LogP contribution in [0.1, 0.15) is 213 Å². The van der Waals surface area contributed by atoms with Crippen LogP contribution >= 0.6 is 0 Å². The lowest BCUT2D eigenvalue weighted by Crippen LogP contribution is -2.30. The molecular weight excluding hydrogens is 733 g/mol. The Morgan fingerprint density at radius 3 is 1.10 bits per heavy atom. The summed E-state index contributed by atoms with van der Waals surface area (Å²) in [6.07, 6.45) is 60.1. The Kier molecular flexibility index (Phi) is 44.5. The maximum absolute atomic E-state index is 12.7. The Hall–Kier alpha value is -3.41. The van der Waals surface area contributed by atoms with Gasteiger partial charge in [-0.3, -0.25) is 14.4 Å². The van der Waals surface area contributed by atoms with Crippen LogP contribution in [0.3, 0.4) is 0 Å². The zero-order valence-corrected chi connectivity index (χ0v) is 38.2. The van der Waals surface area contributed by atoms with Gasteiger partial charge < -0.3 is 14.2 Å². The average Bonchev–Trinajstić information content (AvgIpc) is 3.23. The molecule has 1 atom stereocenters. The largest absolute Gasteiger partial charge is 0.462 e. The predicted octanol–water partition coefficient (Wildman–Crippen LogP) is 15.6. The molecule has 336 valence electrons. The van der Waals surface area contributed by atoms with Crippen molar-refractivity contribution in [2.24, 2.45) is 0 Å². The van der Waals surface area contributed by atoms with Crippen LogP contribution < -0.4 is 0 Å². The summed E-state index contributed by atoms with van der Waals surface area (Å²) in [5.41, 5.74) is 0. The van der Waals surface area contributed by atoms with Gasteiger partial charge in [0.15, 0.2) is 6.10 Å². The third kappa shape index (κ3) is 45.5. The minimum Gasteiger partial charge on any atom is -0.462 e. The molecule has 0 heterocycles. The number of carbonyl (C=O) groups excluding carboxylic acids is 3. The second-order valence-corrected chi connectivity index (χ2v) is 15.6. The molecule has 0 aromatic rings. The molecule has 6 nitrogen and oxygen atoms in total. The van der Waals surface area contributed by atoms with E-state index in [1.165, 1.54) is 32.1 Å². The quantitative estimate of drug-likeness (QED) is 0.0264. The number of allylic oxidation sites excluding steroid dienone is 14. The predicted molar refractivity (Wildman–Crippen MR) is 251 cm³/mol. The number of carbonyl (C=O) groups is 3. The van der Waals surface area contributed by atoms with E-state index in [-0.39, 0.29) is 31.1 Å². The van der Waals surface area contributed by atoms with E-state index < -0.39 is 6.10 Å². The number of esters is 3. The molecule has 0 spiro atoms. The molecule has 0 saturated carbocycles. The number of hydrogen-bond donors (Lipinski definition) is 0. The highest BCUT2D eigenvalue weighted by Gasteiger charge is 2.19. The summed E-state index contributed by atoms with van der Waals surface area (Å²) >= 11 is 0. The summed E-state index contributed by atoms with van der Waals surface area (Å²) in [5, 5.41) is 0. The normalized spacial score (nSPS) is 12.8. The van der Waals surface area contributed by atoms with Gasteiger partial charge in [-0.25, -0.2) is 0 Å². The standard InChI is InChI=1S/C53H88O6/c1-4-7-10-13-16-18-20-22-23-24-25-26-27-28-29-31-32-34-37-40-43-46-52(55)58-49-50(48-57-51(54)45-42-39-36-15-12-9-6-3)59-53(56)47-44-41-38-35-33-30-21-19-17-14-11-8-5-2/h7,10-11,14,16,18-19,21-23,25-26,28-29,50H,4-6,8-9,12-13,15,17,20,24,27,30-49H2,1-3H3/b10-7-,14-11-,18-16-,21-19-,23-22-,26-25-,29-28-. The van der Waals surface area contributed by atoms with Crippen LogP contribution in [0.2, 0.25) is 0 Å². The molecule has 0 aliphatic rings. The lowest BCUT2D eigenvalue weighted by molar-refractivity contribution is -0.167. The SMILES string of the molecule is CC/C=C\C/C=C\C/C=C\C/C=C\C/C=C\CCCCCCCC(=O)OCC(COC(=O)CCCCCCCCC)OC(=O)CCCCCCC/C=C\C/C=C\CCC. The fraction of sp³-hybridized carbons (Fsp3) is 0.679. The molecule has 0 aromatic carbocycles. The fourth-order valence-corrected chi connectivity index (χ4v) is 6.27. The van der Waals surface area contributed by atoms with E-state index >= 15 is 0 Å². The summed E-state index contributed by atoms with van der Waals surface area (Å²) in [5.74, 6) is -0.935. The molecular formula is C53H88O6. The van der Waals surface area contributed by atoms with E-state index in [4.69, 9.17) is 14.2 Å². The molecule has 0 aromatic heterocycles. The molecule has 0 fully saturated rings. The van der Waals surface area contributed by atoms with Gasteiger partial charge in [-0.05, 0) is 89.9 Å². The Balaban J connectivity index is 4.32. The van der Waals surface area contributed by atoms with Gasteiger partial charge in [0.2, 0.25) is 0 Å². The van der Waals surface area contributed by atoms with Crippen LogP contribution in [-0.4, -0.2) is 37.2 Å². The monoisotopic (exact) mass is 821 g/mol. The molecule has 1 unspecified atom stereocenters. The maximum atomic E-state index is 12.7. The summed E-state index contributed by atoms with van der Waals surface area (Å²) in [4.78, 5) is 37.7. The van der Waals surface area contributed by atoms with Crippen LogP contribution in [0.4, 0.5) is 0 Å². The zero-order valence-electron chi connectivity index (χ0n) is 38.2. The lowest BCUT2D eigenvalue weighted by atomic mass is 10.1. The number of unbranched alkanes of at least 4 members (excludes halogenated alkanes) is 17. The van der Waals surface area contributed by atoms with Crippen LogP contribution in [-0.2, 0) is 28.6 Å². The highest BCUT2D eigenvalue weighted by Crippen LogP contribution is 2.13. The van der Waals surface area contributed by atoms with Crippen LogP contribution in [0.25, 0.3) is 0 Å². The van der Waals surface area contributed by atoms with Gasteiger partial charge in [0, 0.05) is 19.3 Å². The third-order valence-electron chi connectivity index (χ3n) is 9.86. The number of rotatable bonds is 42. The van der Waals surface area contributed by atoms with E-state index in [0.717, 1.165) is 141 Å². The number of ether oxygens (including phenoxy) is 3. The first-order valence-electron chi connectivity index (χ1n) is 24.1. The van der Waals surface area contributed by atoms with Gasteiger partial charge in [0.1, 0.15) is 13.2 Å². The second-order valence-electron chi connectivity index (χ2n) is 15.6. The molecule has 0 radical (unpaired) electrons. The van der Waals surface area contributed by atoms with Crippen molar-refractivity contribution in [2.75, 3.05) is 13.2 Å². The molecule has 0 aliphatic heterocycles. The summed E-state index contributed by atoms with van der Waals surface area (Å²) in [6, 6.07) is 0. The molecule has 0 N–H and O–H groups in total. The summed E-state index contributed by atoms with van der Waals surface area (Å²) < 4.78 is 16.7. The zero-order chi connectivity index (χ0) is 43.0. The summed E-state index contributed by atoms with van der Waals surface area (Å²) in [7, 11) is 0. The van der Waals surface area contributed by atoms with Crippen LogP contribution in [0.5, 0.6) is 0 Å². The van der Waals surface area contributed by atoms with E-state index in [1.54, 1.807) is 0 Å². The molecule has 0 amide bonds. The van der Waals surface area contributed by atoms with Crippen molar-refractivity contribution in [3.05, 3.63) is 85.1 Å². The van der Waals surface area contributed by atoms with Crippen LogP contribution in [0, 0.1) is 0 Å². The maximum Gasteiger partial charge on any atom is 0.306 e. The van der Waals surface area contributed by atoms with E-state index in [9.17, 15) is 14.4 Å². The topological polar surface area (TPSA) is 78.9 Å². The van der Waals surface area contributed by atoms with Gasteiger partial charge in [0.05, 0.1) is 0 Å². The summed E-state index contributed by atoms with van der Waals surface area (Å²) in [6.45, 7) is 6.37. The van der Waals surface area contributed by atoms with Gasteiger partial charge in [-0.1, -0.05) is 189 Å². The Labute approximate surface area is 363 Å². The van der Waals surface area contributed by atoms with Crippen molar-refractivity contribution in [1.29, 1.82) is 0 Å².